The van der Waals surface area contributed by atoms with E-state index >= 15 is 0 Å². The van der Waals surface area contributed by atoms with Crippen molar-refractivity contribution in [3.8, 4) is 0 Å². The van der Waals surface area contributed by atoms with E-state index in [9.17, 15) is 8.42 Å². The maximum absolute atomic E-state index is 11.4. The summed E-state index contributed by atoms with van der Waals surface area (Å²) < 4.78 is 32.4. The van der Waals surface area contributed by atoms with Gasteiger partial charge in [-0.1, -0.05) is 111 Å². The van der Waals surface area contributed by atoms with Crippen LogP contribution in [0.2, 0.25) is 0 Å². The average molecular weight is 407 g/mol. The molecule has 0 aromatic carbocycles. The Morgan fingerprint density at radius 2 is 1.04 bits per heavy atom. The van der Waals surface area contributed by atoms with E-state index in [1.165, 1.54) is 83.5 Å². The monoisotopic (exact) mass is 406 g/mol. The lowest BCUT2D eigenvalue weighted by atomic mass is 9.88. The van der Waals surface area contributed by atoms with Crippen LogP contribution in [0.1, 0.15) is 124 Å². The van der Waals surface area contributed by atoms with Crippen molar-refractivity contribution in [3.63, 3.8) is 0 Å². The zero-order chi connectivity index (χ0) is 20.4. The van der Waals surface area contributed by atoms with Gasteiger partial charge in [0.15, 0.2) is 0 Å². The molecule has 0 spiro atoms. The van der Waals surface area contributed by atoms with E-state index in [-0.39, 0.29) is 18.6 Å². The second-order valence-electron chi connectivity index (χ2n) is 8.59. The number of hydrogen-bond donors (Lipinski definition) is 0. The first-order valence-corrected chi connectivity index (χ1v) is 12.7. The molecule has 0 aliphatic heterocycles. The third kappa shape index (κ3) is 19.0. The van der Waals surface area contributed by atoms with Gasteiger partial charge in [-0.05, 0) is 18.8 Å². The van der Waals surface area contributed by atoms with Crippen molar-refractivity contribution < 1.29 is 16.8 Å². The van der Waals surface area contributed by atoms with Crippen molar-refractivity contribution in [3.05, 3.63) is 0 Å². The van der Waals surface area contributed by atoms with Crippen LogP contribution in [-0.4, -0.2) is 21.6 Å². The van der Waals surface area contributed by atoms with E-state index < -0.39 is 10.4 Å². The van der Waals surface area contributed by atoms with Crippen molar-refractivity contribution in [2.75, 3.05) is 13.2 Å². The highest BCUT2D eigenvalue weighted by atomic mass is 32.3. The first-order chi connectivity index (χ1) is 12.8. The Labute approximate surface area is 170 Å². The summed E-state index contributed by atoms with van der Waals surface area (Å²) in [5.41, 5.74) is -0.138. The molecule has 164 valence electrons. The lowest BCUT2D eigenvalue weighted by Gasteiger charge is -2.23. The summed E-state index contributed by atoms with van der Waals surface area (Å²) in [6.07, 6.45) is 19.9. The molecular formula is C22H46O4S. The molecule has 0 N–H and O–H groups in total. The van der Waals surface area contributed by atoms with Crippen LogP contribution in [0.25, 0.3) is 0 Å². The Morgan fingerprint density at radius 3 is 1.44 bits per heavy atom. The van der Waals surface area contributed by atoms with Gasteiger partial charge in [-0.15, -0.1) is 0 Å². The highest BCUT2D eigenvalue weighted by Crippen LogP contribution is 2.25. The predicted molar refractivity (Wildman–Crippen MR) is 115 cm³/mol. The molecule has 0 radical (unpaired) electrons. The third-order valence-electron chi connectivity index (χ3n) is 5.06. The van der Waals surface area contributed by atoms with Crippen molar-refractivity contribution in [1.82, 2.24) is 0 Å². The molecule has 0 aliphatic carbocycles. The molecule has 27 heavy (non-hydrogen) atoms. The molecule has 0 aromatic rings. The van der Waals surface area contributed by atoms with Crippen LogP contribution in [0, 0.1) is 5.41 Å². The van der Waals surface area contributed by atoms with Gasteiger partial charge in [-0.2, -0.15) is 8.42 Å². The molecule has 0 unspecified atom stereocenters. The fraction of sp³-hybridized carbons (Fsp3) is 1.00. The maximum Gasteiger partial charge on any atom is 0.399 e. The van der Waals surface area contributed by atoms with E-state index in [4.69, 9.17) is 4.18 Å². The Morgan fingerprint density at radius 1 is 0.630 bits per heavy atom. The first-order valence-electron chi connectivity index (χ1n) is 11.4. The summed E-state index contributed by atoms with van der Waals surface area (Å²) >= 11 is 0. The lowest BCUT2D eigenvalue weighted by Crippen LogP contribution is -2.23. The minimum absolute atomic E-state index is 0.113. The fourth-order valence-electron chi connectivity index (χ4n) is 3.28. The van der Waals surface area contributed by atoms with Crippen LogP contribution >= 0.6 is 0 Å². The summed E-state index contributed by atoms with van der Waals surface area (Å²) in [5, 5.41) is 0. The van der Waals surface area contributed by atoms with Crippen LogP contribution in [-0.2, 0) is 18.8 Å². The molecule has 0 saturated heterocycles. The van der Waals surface area contributed by atoms with Gasteiger partial charge in [0.25, 0.3) is 0 Å². The Hall–Kier alpha value is -0.130. The van der Waals surface area contributed by atoms with Gasteiger partial charge in [-0.25, -0.2) is 8.37 Å². The van der Waals surface area contributed by atoms with Crippen molar-refractivity contribution >= 4 is 10.4 Å². The summed E-state index contributed by atoms with van der Waals surface area (Å²) in [6.45, 7) is 8.32. The van der Waals surface area contributed by atoms with Crippen molar-refractivity contribution in [2.45, 2.75) is 124 Å². The van der Waals surface area contributed by atoms with Gasteiger partial charge in [0.2, 0.25) is 0 Å². The molecule has 4 nitrogen and oxygen atoms in total. The number of hydrogen-bond acceptors (Lipinski definition) is 4. The SMILES string of the molecule is CCCCCCCCCCCCCCCCC(C)(C)COS(=O)(=O)OCC. The molecular weight excluding hydrogens is 360 g/mol. The third-order valence-corrected chi connectivity index (χ3v) is 5.99. The molecule has 0 heterocycles. The minimum atomic E-state index is -3.82. The van der Waals surface area contributed by atoms with Crippen LogP contribution in [0.15, 0.2) is 0 Å². The quantitative estimate of drug-likeness (QED) is 0.201. The topological polar surface area (TPSA) is 52.6 Å². The average Bonchev–Trinajstić information content (AvgIpc) is 2.60. The lowest BCUT2D eigenvalue weighted by molar-refractivity contribution is 0.141. The van der Waals surface area contributed by atoms with E-state index in [0.717, 1.165) is 12.8 Å². The van der Waals surface area contributed by atoms with Gasteiger partial charge < -0.3 is 0 Å². The number of unbranched alkanes of at least 4 members (excludes halogenated alkanes) is 13. The molecule has 0 aromatic heterocycles. The second-order valence-corrected chi connectivity index (χ2v) is 9.88. The molecule has 0 fully saturated rings. The number of rotatable bonds is 20. The molecule has 5 heteroatoms. The summed E-state index contributed by atoms with van der Waals surface area (Å²) in [6, 6.07) is 0. The van der Waals surface area contributed by atoms with Crippen molar-refractivity contribution in [2.24, 2.45) is 5.41 Å². The molecule has 0 aliphatic rings. The summed E-state index contributed by atoms with van der Waals surface area (Å²) in [5.74, 6) is 0. The van der Waals surface area contributed by atoms with Crippen molar-refractivity contribution in [1.29, 1.82) is 0 Å². The molecule has 0 saturated carbocycles. The summed E-state index contributed by atoms with van der Waals surface area (Å²) in [7, 11) is -3.82. The first kappa shape index (κ1) is 26.9. The normalized spacial score (nSPS) is 12.6. The van der Waals surface area contributed by atoms with E-state index in [1.54, 1.807) is 6.92 Å². The summed E-state index contributed by atoms with van der Waals surface area (Å²) in [4.78, 5) is 0. The van der Waals surface area contributed by atoms with Gasteiger partial charge in [0.05, 0.1) is 13.2 Å². The van der Waals surface area contributed by atoms with Crippen LogP contribution in [0.3, 0.4) is 0 Å². The van der Waals surface area contributed by atoms with E-state index in [0.29, 0.717) is 0 Å². The highest BCUT2D eigenvalue weighted by molar-refractivity contribution is 7.81. The Kier molecular flexibility index (Phi) is 16.7. The molecule has 0 atom stereocenters. The predicted octanol–water partition coefficient (Wildman–Crippen LogP) is 7.18. The van der Waals surface area contributed by atoms with Crippen LogP contribution in [0.5, 0.6) is 0 Å². The largest absolute Gasteiger partial charge is 0.399 e. The Balaban J connectivity index is 3.45. The van der Waals surface area contributed by atoms with E-state index in [1.807, 2.05) is 0 Å². The molecule has 0 amide bonds. The van der Waals surface area contributed by atoms with Gasteiger partial charge >= 0.3 is 10.4 Å². The van der Waals surface area contributed by atoms with Gasteiger partial charge in [-0.3, -0.25) is 0 Å². The van der Waals surface area contributed by atoms with Crippen LogP contribution in [0.4, 0.5) is 0 Å². The maximum atomic E-state index is 11.4. The van der Waals surface area contributed by atoms with E-state index in [2.05, 4.69) is 25.0 Å². The Bertz CT molecular complexity index is 418. The zero-order valence-electron chi connectivity index (χ0n) is 18.6. The van der Waals surface area contributed by atoms with Gasteiger partial charge in [0.1, 0.15) is 0 Å². The van der Waals surface area contributed by atoms with Crippen LogP contribution < -0.4 is 0 Å². The fourth-order valence-corrected chi connectivity index (χ4v) is 4.10. The zero-order valence-corrected chi connectivity index (χ0v) is 19.4. The minimum Gasteiger partial charge on any atom is -0.248 e. The molecule has 0 bridgehead atoms. The smallest absolute Gasteiger partial charge is 0.248 e. The molecule has 0 rings (SSSR count). The van der Waals surface area contributed by atoms with Gasteiger partial charge in [0, 0.05) is 0 Å². The second kappa shape index (κ2) is 16.8. The standard InChI is InChI=1S/C22H46O4S/c1-5-7-8-9-10-11-12-13-14-15-16-17-18-19-20-22(3,4)21-26-27(23,24)25-6-2/h5-21H2,1-4H3. The highest BCUT2D eigenvalue weighted by Gasteiger charge is 2.22.